The number of hydrogen-bond donors (Lipinski definition) is 0. The van der Waals surface area contributed by atoms with Crippen molar-refractivity contribution in [2.24, 2.45) is 17.3 Å². The summed E-state index contributed by atoms with van der Waals surface area (Å²) in [6.45, 7) is 4.98. The molecule has 88 valence electrons. The maximum atomic E-state index is 2.49. The first-order valence-electron chi connectivity index (χ1n) is 7.08. The van der Waals surface area contributed by atoms with Crippen LogP contribution in [-0.2, 0) is 0 Å². The average Bonchev–Trinajstić information content (AvgIpc) is 2.83. The Hall–Kier alpha value is -0.520. The molecule has 0 N–H and O–H groups in total. The number of rotatable bonds is 1. The second kappa shape index (κ2) is 3.75. The van der Waals surface area contributed by atoms with Crippen LogP contribution in [-0.4, -0.2) is 0 Å². The van der Waals surface area contributed by atoms with E-state index < -0.39 is 0 Å². The van der Waals surface area contributed by atoms with Gasteiger partial charge in [-0.15, -0.1) is 0 Å². The summed E-state index contributed by atoms with van der Waals surface area (Å²) in [5, 5.41) is 0. The summed E-state index contributed by atoms with van der Waals surface area (Å²) in [6.07, 6.45) is 14.9. The van der Waals surface area contributed by atoms with Crippen LogP contribution < -0.4 is 0 Å². The van der Waals surface area contributed by atoms with Gasteiger partial charge in [-0.05, 0) is 35.7 Å². The second-order valence-corrected chi connectivity index (χ2v) is 6.55. The Morgan fingerprint density at radius 2 is 1.88 bits per heavy atom. The lowest BCUT2D eigenvalue weighted by molar-refractivity contribution is 0.156. The molecule has 0 spiro atoms. The van der Waals surface area contributed by atoms with E-state index in [1.54, 1.807) is 11.1 Å². The zero-order chi connectivity index (χ0) is 11.2. The predicted octanol–water partition coefficient (Wildman–Crippen LogP) is 4.87. The van der Waals surface area contributed by atoms with Crippen LogP contribution in [0.25, 0.3) is 0 Å². The van der Waals surface area contributed by atoms with Crippen LogP contribution in [0.2, 0.25) is 0 Å². The van der Waals surface area contributed by atoms with E-state index in [0.29, 0.717) is 5.41 Å². The maximum Gasteiger partial charge on any atom is -0.00701 e. The Morgan fingerprint density at radius 3 is 2.56 bits per heavy atom. The molecule has 0 aromatic rings. The highest BCUT2D eigenvalue weighted by molar-refractivity contribution is 5.43. The lowest BCUT2D eigenvalue weighted by Gasteiger charge is -2.38. The van der Waals surface area contributed by atoms with Gasteiger partial charge in [-0.2, -0.15) is 0 Å². The smallest absolute Gasteiger partial charge is 0.00701 e. The minimum atomic E-state index is 0.463. The second-order valence-electron chi connectivity index (χ2n) is 6.55. The van der Waals surface area contributed by atoms with Crippen LogP contribution in [0.5, 0.6) is 0 Å². The monoisotopic (exact) mass is 216 g/mol. The molecule has 1 fully saturated rings. The number of allylic oxidation sites excluding steroid dienone is 4. The van der Waals surface area contributed by atoms with Gasteiger partial charge in [-0.1, -0.05) is 63.7 Å². The quantitative estimate of drug-likeness (QED) is 0.586. The molecule has 1 saturated carbocycles. The van der Waals surface area contributed by atoms with Crippen LogP contribution in [0.1, 0.15) is 58.8 Å². The molecular formula is C16H24. The van der Waals surface area contributed by atoms with Gasteiger partial charge in [0.2, 0.25) is 0 Å². The molecule has 16 heavy (non-hydrogen) atoms. The van der Waals surface area contributed by atoms with E-state index in [4.69, 9.17) is 0 Å². The number of hydrogen-bond acceptors (Lipinski definition) is 0. The Kier molecular flexibility index (Phi) is 2.49. The predicted molar refractivity (Wildman–Crippen MR) is 69.2 cm³/mol. The maximum absolute atomic E-state index is 2.49. The SMILES string of the molecule is CC1(C)C2=C(CC=C2)CC1C1CCCCC1. The molecule has 1 atom stereocenters. The molecule has 3 aliphatic rings. The van der Waals surface area contributed by atoms with Crippen molar-refractivity contribution < 1.29 is 0 Å². The summed E-state index contributed by atoms with van der Waals surface area (Å²) >= 11 is 0. The van der Waals surface area contributed by atoms with Crippen molar-refractivity contribution in [3.8, 4) is 0 Å². The summed E-state index contributed by atoms with van der Waals surface area (Å²) in [5.74, 6) is 1.96. The van der Waals surface area contributed by atoms with Gasteiger partial charge in [0.05, 0.1) is 0 Å². The van der Waals surface area contributed by atoms with Gasteiger partial charge >= 0.3 is 0 Å². The van der Waals surface area contributed by atoms with Gasteiger partial charge in [0.1, 0.15) is 0 Å². The standard InChI is InChI=1S/C16H24/c1-16(2)14-10-6-9-13(14)11-15(16)12-7-4-3-5-8-12/h6,10,12,15H,3-5,7-9,11H2,1-2H3. The zero-order valence-corrected chi connectivity index (χ0v) is 10.8. The van der Waals surface area contributed by atoms with Gasteiger partial charge in [-0.25, -0.2) is 0 Å². The highest BCUT2D eigenvalue weighted by Crippen LogP contribution is 2.55. The summed E-state index contributed by atoms with van der Waals surface area (Å²) < 4.78 is 0. The summed E-state index contributed by atoms with van der Waals surface area (Å²) in [7, 11) is 0. The Balaban J connectivity index is 1.81. The lowest BCUT2D eigenvalue weighted by Crippen LogP contribution is -2.29. The molecule has 3 aliphatic carbocycles. The van der Waals surface area contributed by atoms with Gasteiger partial charge < -0.3 is 0 Å². The molecule has 0 heterocycles. The third kappa shape index (κ3) is 1.49. The van der Waals surface area contributed by atoms with Gasteiger partial charge in [0, 0.05) is 0 Å². The first kappa shape index (κ1) is 10.6. The van der Waals surface area contributed by atoms with E-state index >= 15 is 0 Å². The van der Waals surface area contributed by atoms with E-state index in [0.717, 1.165) is 11.8 Å². The third-order valence-corrected chi connectivity index (χ3v) is 5.34. The molecule has 0 aliphatic heterocycles. The molecule has 0 saturated heterocycles. The molecule has 3 rings (SSSR count). The molecular weight excluding hydrogens is 192 g/mol. The fourth-order valence-corrected chi connectivity index (χ4v) is 4.42. The van der Waals surface area contributed by atoms with Crippen molar-refractivity contribution >= 4 is 0 Å². The molecule has 0 bridgehead atoms. The Bertz CT molecular complexity index is 337. The van der Waals surface area contributed by atoms with Crippen LogP contribution in [0.4, 0.5) is 0 Å². The van der Waals surface area contributed by atoms with Crippen molar-refractivity contribution in [3.63, 3.8) is 0 Å². The van der Waals surface area contributed by atoms with Crippen molar-refractivity contribution in [2.45, 2.75) is 58.8 Å². The summed E-state index contributed by atoms with van der Waals surface area (Å²) in [4.78, 5) is 0. The van der Waals surface area contributed by atoms with E-state index in [-0.39, 0.29) is 0 Å². The largest absolute Gasteiger partial charge is 0.0802 e. The van der Waals surface area contributed by atoms with Crippen molar-refractivity contribution in [3.05, 3.63) is 23.3 Å². The minimum Gasteiger partial charge on any atom is -0.0802 e. The molecule has 0 nitrogen and oxygen atoms in total. The highest BCUT2D eigenvalue weighted by atomic mass is 14.5. The van der Waals surface area contributed by atoms with E-state index in [9.17, 15) is 0 Å². The van der Waals surface area contributed by atoms with Gasteiger partial charge in [0.15, 0.2) is 0 Å². The Morgan fingerprint density at radius 1 is 1.12 bits per heavy atom. The minimum absolute atomic E-state index is 0.463. The van der Waals surface area contributed by atoms with E-state index in [1.165, 1.54) is 44.9 Å². The van der Waals surface area contributed by atoms with Gasteiger partial charge in [0.25, 0.3) is 0 Å². The fourth-order valence-electron chi connectivity index (χ4n) is 4.42. The van der Waals surface area contributed by atoms with E-state index in [1.807, 2.05) is 0 Å². The summed E-state index contributed by atoms with van der Waals surface area (Å²) in [5.41, 5.74) is 3.92. The first-order valence-corrected chi connectivity index (χ1v) is 7.08. The van der Waals surface area contributed by atoms with E-state index in [2.05, 4.69) is 26.0 Å². The average molecular weight is 216 g/mol. The summed E-state index contributed by atoms with van der Waals surface area (Å²) in [6, 6.07) is 0. The fraction of sp³-hybridized carbons (Fsp3) is 0.750. The van der Waals surface area contributed by atoms with Crippen molar-refractivity contribution in [1.29, 1.82) is 0 Å². The molecule has 0 heteroatoms. The van der Waals surface area contributed by atoms with Crippen LogP contribution in [0.3, 0.4) is 0 Å². The lowest BCUT2D eigenvalue weighted by atomic mass is 9.67. The third-order valence-electron chi connectivity index (χ3n) is 5.34. The Labute approximate surface area is 99.8 Å². The molecule has 0 radical (unpaired) electrons. The van der Waals surface area contributed by atoms with Crippen molar-refractivity contribution in [2.75, 3.05) is 0 Å². The molecule has 0 aromatic heterocycles. The van der Waals surface area contributed by atoms with Crippen LogP contribution in [0.15, 0.2) is 23.3 Å². The molecule has 0 aromatic carbocycles. The molecule has 0 amide bonds. The van der Waals surface area contributed by atoms with Crippen LogP contribution >= 0.6 is 0 Å². The zero-order valence-electron chi connectivity index (χ0n) is 10.8. The normalized spacial score (nSPS) is 33.5. The highest BCUT2D eigenvalue weighted by Gasteiger charge is 2.44. The first-order chi connectivity index (χ1) is 7.69. The van der Waals surface area contributed by atoms with Gasteiger partial charge in [-0.3, -0.25) is 0 Å². The van der Waals surface area contributed by atoms with Crippen molar-refractivity contribution in [1.82, 2.24) is 0 Å². The van der Waals surface area contributed by atoms with Crippen LogP contribution in [0, 0.1) is 17.3 Å². The molecule has 1 unspecified atom stereocenters. The topological polar surface area (TPSA) is 0 Å².